The number of hydrogen-bond donors (Lipinski definition) is 1. The van der Waals surface area contributed by atoms with Gasteiger partial charge in [0, 0.05) is 35.9 Å². The highest BCUT2D eigenvalue weighted by molar-refractivity contribution is 6.30. The van der Waals surface area contributed by atoms with Crippen molar-refractivity contribution >= 4 is 24.0 Å². The first-order valence-electron chi connectivity index (χ1n) is 10.1. The zero-order valence-corrected chi connectivity index (χ0v) is 18.0. The first-order chi connectivity index (χ1) is 13.7. The molecule has 1 saturated carbocycles. The molecule has 0 amide bonds. The van der Waals surface area contributed by atoms with Gasteiger partial charge in [0.1, 0.15) is 11.6 Å². The van der Waals surface area contributed by atoms with Crippen LogP contribution >= 0.6 is 24.0 Å². The van der Waals surface area contributed by atoms with E-state index in [-0.39, 0.29) is 12.4 Å². The second kappa shape index (κ2) is 8.46. The van der Waals surface area contributed by atoms with E-state index in [2.05, 4.69) is 44.3 Å². The first kappa shape index (κ1) is 20.4. The van der Waals surface area contributed by atoms with Crippen molar-refractivity contribution < 1.29 is 4.52 Å². The van der Waals surface area contributed by atoms with E-state index >= 15 is 0 Å². The molecule has 29 heavy (non-hydrogen) atoms. The van der Waals surface area contributed by atoms with E-state index in [1.165, 1.54) is 5.56 Å². The Balaban J connectivity index is 0.00000205. The molecule has 2 aliphatic rings. The predicted octanol–water partition coefficient (Wildman–Crippen LogP) is 4.94. The van der Waals surface area contributed by atoms with E-state index in [4.69, 9.17) is 16.1 Å². The zero-order valence-electron chi connectivity index (χ0n) is 16.4. The standard InChI is InChI=1S/C21H24ClN5O.ClH/c1-2-17-10-18(26-28-17)13-3-5-14(6-4-13)21-25-24-20-12-23-11-15-9-16(22)7-8-19(15)27(20)21;/h7-10,13-14,23H,2-6,11-12H2,1H3;1H. The average Bonchev–Trinajstić information content (AvgIpc) is 3.32. The van der Waals surface area contributed by atoms with Crippen LogP contribution in [0.1, 0.15) is 73.1 Å². The molecule has 0 unspecified atom stereocenters. The maximum absolute atomic E-state index is 6.22. The summed E-state index contributed by atoms with van der Waals surface area (Å²) in [4.78, 5) is 0. The lowest BCUT2D eigenvalue weighted by Crippen LogP contribution is -2.17. The maximum atomic E-state index is 6.22. The number of halogens is 2. The van der Waals surface area contributed by atoms with Gasteiger partial charge in [-0.25, -0.2) is 0 Å². The molecule has 2 aromatic heterocycles. The second-order valence-corrected chi connectivity index (χ2v) is 8.24. The number of nitrogens with zero attached hydrogens (tertiary/aromatic N) is 4. The van der Waals surface area contributed by atoms with Gasteiger partial charge in [-0.1, -0.05) is 23.7 Å². The molecule has 8 heteroatoms. The van der Waals surface area contributed by atoms with Crippen LogP contribution in [0.5, 0.6) is 0 Å². The fourth-order valence-corrected chi connectivity index (χ4v) is 4.72. The van der Waals surface area contributed by atoms with E-state index < -0.39 is 0 Å². The molecule has 0 atom stereocenters. The average molecular weight is 434 g/mol. The zero-order chi connectivity index (χ0) is 19.1. The predicted molar refractivity (Wildman–Crippen MR) is 114 cm³/mol. The molecule has 1 aromatic carbocycles. The molecule has 154 valence electrons. The highest BCUT2D eigenvalue weighted by Gasteiger charge is 2.30. The van der Waals surface area contributed by atoms with Gasteiger partial charge in [0.25, 0.3) is 0 Å². The lowest BCUT2D eigenvalue weighted by Gasteiger charge is -2.27. The van der Waals surface area contributed by atoms with Crippen LogP contribution in [0.4, 0.5) is 0 Å². The molecule has 3 heterocycles. The number of hydrogen-bond acceptors (Lipinski definition) is 5. The quantitative estimate of drug-likeness (QED) is 0.633. The summed E-state index contributed by atoms with van der Waals surface area (Å²) in [5.74, 6) is 3.93. The Hall–Kier alpha value is -1.89. The molecule has 0 radical (unpaired) electrons. The smallest absolute Gasteiger partial charge is 0.151 e. The SMILES string of the molecule is CCc1cc(C2CCC(c3nnc4n3-c3ccc(Cl)cc3CNC4)CC2)no1.Cl. The van der Waals surface area contributed by atoms with Crippen molar-refractivity contribution in [3.8, 4) is 5.69 Å². The molecule has 6 nitrogen and oxygen atoms in total. The molecule has 1 fully saturated rings. The highest BCUT2D eigenvalue weighted by atomic mass is 35.5. The lowest BCUT2D eigenvalue weighted by atomic mass is 9.80. The molecular weight excluding hydrogens is 409 g/mol. The van der Waals surface area contributed by atoms with Crippen molar-refractivity contribution in [3.05, 3.63) is 58.0 Å². The van der Waals surface area contributed by atoms with Crippen LogP contribution in [0, 0.1) is 0 Å². The van der Waals surface area contributed by atoms with Crippen molar-refractivity contribution in [1.82, 2.24) is 25.2 Å². The Morgan fingerprint density at radius 3 is 2.66 bits per heavy atom. The topological polar surface area (TPSA) is 68.8 Å². The molecule has 0 saturated heterocycles. The van der Waals surface area contributed by atoms with Crippen LogP contribution in [0.25, 0.3) is 5.69 Å². The van der Waals surface area contributed by atoms with Gasteiger partial charge in [-0.05, 0) is 49.4 Å². The Labute approximate surface area is 181 Å². The minimum absolute atomic E-state index is 0. The third-order valence-corrected chi connectivity index (χ3v) is 6.31. The summed E-state index contributed by atoms with van der Waals surface area (Å²) < 4.78 is 7.66. The molecule has 3 aromatic rings. The van der Waals surface area contributed by atoms with Crippen LogP contribution in [-0.2, 0) is 19.5 Å². The number of rotatable bonds is 3. The summed E-state index contributed by atoms with van der Waals surface area (Å²) in [7, 11) is 0. The summed E-state index contributed by atoms with van der Waals surface area (Å²) >= 11 is 6.22. The van der Waals surface area contributed by atoms with Gasteiger partial charge in [0.15, 0.2) is 5.82 Å². The van der Waals surface area contributed by atoms with Crippen LogP contribution in [-0.4, -0.2) is 19.9 Å². The number of fused-ring (bicyclic) bond motifs is 3. The van der Waals surface area contributed by atoms with E-state index in [9.17, 15) is 0 Å². The summed E-state index contributed by atoms with van der Waals surface area (Å²) in [6.07, 6.45) is 5.29. The van der Waals surface area contributed by atoms with Crippen LogP contribution in [0.15, 0.2) is 28.8 Å². The van der Waals surface area contributed by atoms with Gasteiger partial charge in [-0.3, -0.25) is 4.57 Å². The largest absolute Gasteiger partial charge is 0.361 e. The highest BCUT2D eigenvalue weighted by Crippen LogP contribution is 2.41. The third-order valence-electron chi connectivity index (χ3n) is 6.07. The molecule has 1 aliphatic heterocycles. The normalized spacial score (nSPS) is 21.0. The van der Waals surface area contributed by atoms with E-state index in [0.717, 1.165) is 72.5 Å². The fraction of sp³-hybridized carbons (Fsp3) is 0.476. The molecule has 1 aliphatic carbocycles. The third kappa shape index (κ3) is 3.81. The summed E-state index contributed by atoms with van der Waals surface area (Å²) in [5, 5.41) is 17.6. The lowest BCUT2D eigenvalue weighted by molar-refractivity contribution is 0.344. The van der Waals surface area contributed by atoms with Crippen LogP contribution in [0.2, 0.25) is 5.02 Å². The molecular formula is C21H25Cl2N5O. The Bertz CT molecular complexity index is 991. The summed E-state index contributed by atoms with van der Waals surface area (Å²) in [5.41, 5.74) is 3.45. The Morgan fingerprint density at radius 2 is 1.90 bits per heavy atom. The van der Waals surface area contributed by atoms with Crippen molar-refractivity contribution in [2.45, 2.75) is 64.0 Å². The minimum atomic E-state index is 0. The van der Waals surface area contributed by atoms with Gasteiger partial charge in [-0.2, -0.15) is 0 Å². The first-order valence-corrected chi connectivity index (χ1v) is 10.5. The van der Waals surface area contributed by atoms with E-state index in [1.807, 2.05) is 12.1 Å². The fourth-order valence-electron chi connectivity index (χ4n) is 4.53. The van der Waals surface area contributed by atoms with Crippen molar-refractivity contribution in [1.29, 1.82) is 0 Å². The van der Waals surface area contributed by atoms with Gasteiger partial charge in [0.05, 0.1) is 17.9 Å². The van der Waals surface area contributed by atoms with E-state index in [0.29, 0.717) is 18.4 Å². The summed E-state index contributed by atoms with van der Waals surface area (Å²) in [6, 6.07) is 8.20. The van der Waals surface area contributed by atoms with E-state index in [1.54, 1.807) is 0 Å². The Morgan fingerprint density at radius 1 is 1.10 bits per heavy atom. The van der Waals surface area contributed by atoms with Gasteiger partial charge < -0.3 is 9.84 Å². The minimum Gasteiger partial charge on any atom is -0.361 e. The van der Waals surface area contributed by atoms with Crippen LogP contribution in [0.3, 0.4) is 0 Å². The van der Waals surface area contributed by atoms with Crippen LogP contribution < -0.4 is 5.32 Å². The molecule has 0 spiro atoms. The van der Waals surface area contributed by atoms with Crippen molar-refractivity contribution in [2.75, 3.05) is 0 Å². The molecule has 0 bridgehead atoms. The maximum Gasteiger partial charge on any atom is 0.151 e. The van der Waals surface area contributed by atoms with Gasteiger partial charge >= 0.3 is 0 Å². The molecule has 1 N–H and O–H groups in total. The van der Waals surface area contributed by atoms with Gasteiger partial charge in [-0.15, -0.1) is 22.6 Å². The number of aryl methyl sites for hydroxylation is 1. The summed E-state index contributed by atoms with van der Waals surface area (Å²) in [6.45, 7) is 3.60. The van der Waals surface area contributed by atoms with Crippen molar-refractivity contribution in [2.24, 2.45) is 0 Å². The number of benzene rings is 1. The second-order valence-electron chi connectivity index (χ2n) is 7.81. The Kier molecular flexibility index (Phi) is 5.95. The number of nitrogens with one attached hydrogen (secondary N) is 1. The van der Waals surface area contributed by atoms with Crippen molar-refractivity contribution in [3.63, 3.8) is 0 Å². The van der Waals surface area contributed by atoms with Gasteiger partial charge in [0.2, 0.25) is 0 Å². The number of aromatic nitrogens is 4. The monoisotopic (exact) mass is 433 g/mol. The molecule has 5 rings (SSSR count).